The summed E-state index contributed by atoms with van der Waals surface area (Å²) in [6.45, 7) is 8.76. The van der Waals surface area contributed by atoms with Gasteiger partial charge in [-0.05, 0) is 45.0 Å². The van der Waals surface area contributed by atoms with E-state index in [1.165, 1.54) is 24.3 Å². The summed E-state index contributed by atoms with van der Waals surface area (Å²) in [6.07, 6.45) is 0.682. The molecule has 1 aliphatic rings. The largest absolute Gasteiger partial charge is 0.442 e. The van der Waals surface area contributed by atoms with Crippen molar-refractivity contribution in [1.82, 2.24) is 5.01 Å². The number of hydrazone groups is 2. The van der Waals surface area contributed by atoms with E-state index in [0.717, 1.165) is 10.0 Å². The summed E-state index contributed by atoms with van der Waals surface area (Å²) in [7, 11) is 0. The first-order chi connectivity index (χ1) is 14.7. The lowest BCUT2D eigenvalue weighted by molar-refractivity contribution is -0.112. The minimum absolute atomic E-state index is 0.0123. The van der Waals surface area contributed by atoms with E-state index in [2.05, 4.69) is 16.8 Å². The summed E-state index contributed by atoms with van der Waals surface area (Å²) in [5.41, 5.74) is -0.351. The lowest BCUT2D eigenvalue weighted by atomic mass is 10.1. The van der Waals surface area contributed by atoms with Gasteiger partial charge in [0.25, 0.3) is 0 Å². The highest BCUT2D eigenvalue weighted by Gasteiger charge is 2.36. The van der Waals surface area contributed by atoms with Crippen molar-refractivity contribution in [2.24, 2.45) is 10.2 Å². The number of amides is 2. The molecule has 3 rings (SSSR count). The molecule has 8 heteroatoms. The molecule has 0 saturated heterocycles. The van der Waals surface area contributed by atoms with Crippen LogP contribution in [0.2, 0.25) is 0 Å². The van der Waals surface area contributed by atoms with Crippen molar-refractivity contribution >= 4 is 29.1 Å². The molecule has 0 fully saturated rings. The number of carbonyl (C=O) groups excluding carboxylic acids is 2. The molecule has 0 bridgehead atoms. The molecule has 1 heterocycles. The topological polar surface area (TPSA) is 74.6 Å². The van der Waals surface area contributed by atoms with Crippen molar-refractivity contribution in [3.05, 3.63) is 78.6 Å². The molecule has 1 aliphatic heterocycles. The van der Waals surface area contributed by atoms with E-state index in [1.807, 2.05) is 0 Å². The number of nitrogens with zero attached hydrogens (tertiary/aromatic N) is 4. The predicted octanol–water partition coefficient (Wildman–Crippen LogP) is 4.36. The first kappa shape index (κ1) is 21.9. The Morgan fingerprint density at radius 2 is 1.84 bits per heavy atom. The predicted molar refractivity (Wildman–Crippen MR) is 117 cm³/mol. The second-order valence-electron chi connectivity index (χ2n) is 7.68. The molecule has 7 nitrogen and oxygen atoms in total. The van der Waals surface area contributed by atoms with Crippen LogP contribution in [0, 0.1) is 5.82 Å². The number of carbonyl (C=O) groups is 2. The number of hydrogen-bond donors (Lipinski definition) is 0. The molecule has 2 aromatic rings. The minimum Gasteiger partial charge on any atom is -0.442 e. The first-order valence-corrected chi connectivity index (χ1v) is 9.64. The lowest BCUT2D eigenvalue weighted by Gasteiger charge is -2.24. The van der Waals surface area contributed by atoms with Gasteiger partial charge in [-0.2, -0.15) is 20.2 Å². The molecule has 0 spiro atoms. The van der Waals surface area contributed by atoms with Gasteiger partial charge in [0.1, 0.15) is 17.1 Å². The molecule has 31 heavy (non-hydrogen) atoms. The SMILES string of the molecule is C=CCN(/N=C1\C(=O)N(c2ccccc2)N=C1c1ccccc1F)C(=O)OC(C)(C)C. The van der Waals surface area contributed by atoms with Crippen LogP contribution in [0.25, 0.3) is 0 Å². The summed E-state index contributed by atoms with van der Waals surface area (Å²) >= 11 is 0. The number of hydrogen-bond acceptors (Lipinski definition) is 5. The van der Waals surface area contributed by atoms with Crippen LogP contribution in [-0.4, -0.2) is 40.6 Å². The molecule has 0 N–H and O–H groups in total. The van der Waals surface area contributed by atoms with Crippen molar-refractivity contribution in [3.63, 3.8) is 0 Å². The number of para-hydroxylation sites is 1. The quantitative estimate of drug-likeness (QED) is 0.531. The van der Waals surface area contributed by atoms with Crippen molar-refractivity contribution in [3.8, 4) is 0 Å². The molecule has 0 atom stereocenters. The van der Waals surface area contributed by atoms with Crippen LogP contribution in [0.4, 0.5) is 14.9 Å². The Morgan fingerprint density at radius 1 is 1.19 bits per heavy atom. The van der Waals surface area contributed by atoms with Crippen LogP contribution >= 0.6 is 0 Å². The maximum absolute atomic E-state index is 14.6. The zero-order valence-corrected chi connectivity index (χ0v) is 17.6. The average Bonchev–Trinajstić information content (AvgIpc) is 3.03. The molecule has 0 radical (unpaired) electrons. The van der Waals surface area contributed by atoms with E-state index >= 15 is 0 Å². The molecular weight excluding hydrogens is 399 g/mol. The minimum atomic E-state index is -0.769. The fourth-order valence-corrected chi connectivity index (χ4v) is 2.78. The average molecular weight is 422 g/mol. The smallest absolute Gasteiger partial charge is 0.431 e. The lowest BCUT2D eigenvalue weighted by Crippen LogP contribution is -2.37. The summed E-state index contributed by atoms with van der Waals surface area (Å²) in [4.78, 5) is 25.8. The third-order valence-electron chi connectivity index (χ3n) is 4.08. The first-order valence-electron chi connectivity index (χ1n) is 9.64. The van der Waals surface area contributed by atoms with Crippen LogP contribution in [0.5, 0.6) is 0 Å². The Kier molecular flexibility index (Phi) is 6.29. The maximum Gasteiger partial charge on any atom is 0.431 e. The third kappa shape index (κ3) is 5.03. The second-order valence-corrected chi connectivity index (χ2v) is 7.68. The van der Waals surface area contributed by atoms with E-state index in [-0.39, 0.29) is 23.5 Å². The summed E-state index contributed by atoms with van der Waals surface area (Å²) in [5, 5.41) is 10.6. The third-order valence-corrected chi connectivity index (χ3v) is 4.08. The second kappa shape index (κ2) is 8.91. The van der Waals surface area contributed by atoms with Crippen LogP contribution in [0.15, 0.2) is 77.5 Å². The van der Waals surface area contributed by atoms with Crippen LogP contribution in [0.1, 0.15) is 26.3 Å². The number of benzene rings is 2. The van der Waals surface area contributed by atoms with E-state index in [9.17, 15) is 14.0 Å². The Morgan fingerprint density at radius 3 is 2.45 bits per heavy atom. The standard InChI is InChI=1S/C23H23FN4O3/c1-5-15-27(22(30)31-23(2,3)4)25-20-19(17-13-9-10-14-18(17)24)26-28(21(20)29)16-11-7-6-8-12-16/h5-14H,1,15H2,2-4H3/b25-20-. The normalized spacial score (nSPS) is 15.1. The monoisotopic (exact) mass is 422 g/mol. The van der Waals surface area contributed by atoms with Crippen LogP contribution in [0.3, 0.4) is 0 Å². The molecule has 2 amide bonds. The molecule has 0 saturated carbocycles. The number of ether oxygens (including phenoxy) is 1. The Balaban J connectivity index is 2.09. The fraction of sp³-hybridized carbons (Fsp3) is 0.217. The highest BCUT2D eigenvalue weighted by Crippen LogP contribution is 2.23. The molecule has 2 aromatic carbocycles. The van der Waals surface area contributed by atoms with Gasteiger partial charge in [-0.3, -0.25) is 4.79 Å². The van der Waals surface area contributed by atoms with Crippen molar-refractivity contribution in [2.75, 3.05) is 11.6 Å². The van der Waals surface area contributed by atoms with Gasteiger partial charge in [-0.15, -0.1) is 6.58 Å². The van der Waals surface area contributed by atoms with E-state index in [4.69, 9.17) is 4.74 Å². The Bertz CT molecular complexity index is 1060. The van der Waals surface area contributed by atoms with Gasteiger partial charge in [-0.25, -0.2) is 9.18 Å². The Labute approximate surface area is 180 Å². The van der Waals surface area contributed by atoms with Gasteiger partial charge in [0.05, 0.1) is 12.2 Å². The van der Waals surface area contributed by atoms with Gasteiger partial charge >= 0.3 is 12.0 Å². The van der Waals surface area contributed by atoms with Crippen LogP contribution in [-0.2, 0) is 9.53 Å². The van der Waals surface area contributed by atoms with Gasteiger partial charge < -0.3 is 4.74 Å². The van der Waals surface area contributed by atoms with E-state index in [0.29, 0.717) is 5.69 Å². The summed E-state index contributed by atoms with van der Waals surface area (Å²) < 4.78 is 19.9. The van der Waals surface area contributed by atoms with Crippen molar-refractivity contribution in [2.45, 2.75) is 26.4 Å². The molecule has 0 unspecified atom stereocenters. The number of rotatable bonds is 5. The summed E-state index contributed by atoms with van der Waals surface area (Å²) in [5.74, 6) is -1.16. The van der Waals surface area contributed by atoms with Gasteiger partial charge in [0.2, 0.25) is 0 Å². The zero-order valence-electron chi connectivity index (χ0n) is 17.6. The van der Waals surface area contributed by atoms with Gasteiger partial charge in [0, 0.05) is 5.56 Å². The highest BCUT2D eigenvalue weighted by molar-refractivity contribution is 6.74. The summed E-state index contributed by atoms with van der Waals surface area (Å²) in [6, 6.07) is 14.6. The van der Waals surface area contributed by atoms with Crippen molar-refractivity contribution in [1.29, 1.82) is 0 Å². The number of halogens is 1. The van der Waals surface area contributed by atoms with Crippen LogP contribution < -0.4 is 5.01 Å². The number of anilines is 1. The Hall–Kier alpha value is -3.81. The fourth-order valence-electron chi connectivity index (χ4n) is 2.78. The maximum atomic E-state index is 14.6. The van der Waals surface area contributed by atoms with Gasteiger partial charge in [0.15, 0.2) is 5.71 Å². The molecular formula is C23H23FN4O3. The molecule has 0 aromatic heterocycles. The van der Waals surface area contributed by atoms with E-state index < -0.39 is 23.4 Å². The van der Waals surface area contributed by atoms with E-state index in [1.54, 1.807) is 57.2 Å². The van der Waals surface area contributed by atoms with Crippen molar-refractivity contribution < 1.29 is 18.7 Å². The molecule has 0 aliphatic carbocycles. The van der Waals surface area contributed by atoms with Gasteiger partial charge in [-0.1, -0.05) is 36.4 Å². The zero-order chi connectivity index (χ0) is 22.6. The highest BCUT2D eigenvalue weighted by atomic mass is 19.1. The molecule has 160 valence electrons.